The van der Waals surface area contributed by atoms with Gasteiger partial charge in [-0.1, -0.05) is 26.8 Å². The lowest BCUT2D eigenvalue weighted by Gasteiger charge is -2.17. The summed E-state index contributed by atoms with van der Waals surface area (Å²) in [6.07, 6.45) is 2.98. The third-order valence-electron chi connectivity index (χ3n) is 3.02. The number of rotatable bonds is 4. The van der Waals surface area contributed by atoms with Gasteiger partial charge < -0.3 is 4.74 Å². The highest BCUT2D eigenvalue weighted by Gasteiger charge is 2.13. The van der Waals surface area contributed by atoms with E-state index in [4.69, 9.17) is 4.74 Å². The van der Waals surface area contributed by atoms with Gasteiger partial charge in [-0.05, 0) is 36.5 Å². The van der Waals surface area contributed by atoms with E-state index >= 15 is 0 Å². The molecule has 0 N–H and O–H groups in total. The standard InChI is InChI=1S/C17H22N2O2/c1-5-21-16(20)9-12-6-7-14-15(8-12)18-11-13(19-14)10-17(2,3)4/h6-8,11H,5,9-10H2,1-4H3. The molecule has 0 bridgehead atoms. The zero-order valence-electron chi connectivity index (χ0n) is 13.1. The molecule has 0 aliphatic carbocycles. The van der Waals surface area contributed by atoms with E-state index in [2.05, 4.69) is 30.7 Å². The fraction of sp³-hybridized carbons (Fsp3) is 0.471. The Morgan fingerprint density at radius 2 is 2.00 bits per heavy atom. The third-order valence-corrected chi connectivity index (χ3v) is 3.02. The first-order valence-electron chi connectivity index (χ1n) is 7.27. The first-order valence-corrected chi connectivity index (χ1v) is 7.27. The summed E-state index contributed by atoms with van der Waals surface area (Å²) >= 11 is 0. The Labute approximate surface area is 125 Å². The Bertz CT molecular complexity index is 645. The summed E-state index contributed by atoms with van der Waals surface area (Å²) in [6.45, 7) is 8.76. The second-order valence-corrected chi connectivity index (χ2v) is 6.40. The summed E-state index contributed by atoms with van der Waals surface area (Å²) in [5.41, 5.74) is 3.76. The molecule has 21 heavy (non-hydrogen) atoms. The number of fused-ring (bicyclic) bond motifs is 1. The Morgan fingerprint density at radius 1 is 1.24 bits per heavy atom. The Hall–Kier alpha value is -1.97. The molecule has 2 rings (SSSR count). The molecule has 4 nitrogen and oxygen atoms in total. The van der Waals surface area contributed by atoms with Crippen molar-refractivity contribution in [3.63, 3.8) is 0 Å². The predicted octanol–water partition coefficient (Wildman–Crippen LogP) is 3.32. The molecule has 2 aromatic rings. The van der Waals surface area contributed by atoms with E-state index in [-0.39, 0.29) is 17.8 Å². The molecule has 1 aromatic carbocycles. The van der Waals surface area contributed by atoms with Crippen LogP contribution in [-0.4, -0.2) is 22.5 Å². The van der Waals surface area contributed by atoms with Crippen molar-refractivity contribution < 1.29 is 9.53 Å². The highest BCUT2D eigenvalue weighted by Crippen LogP contribution is 2.20. The summed E-state index contributed by atoms with van der Waals surface area (Å²) in [5.74, 6) is -0.214. The summed E-state index contributed by atoms with van der Waals surface area (Å²) in [4.78, 5) is 20.6. The van der Waals surface area contributed by atoms with Crippen LogP contribution in [0.4, 0.5) is 0 Å². The third kappa shape index (κ3) is 4.52. The SMILES string of the molecule is CCOC(=O)Cc1ccc2nc(CC(C)(C)C)cnc2c1. The molecule has 0 spiro atoms. The van der Waals surface area contributed by atoms with Crippen LogP contribution >= 0.6 is 0 Å². The van der Waals surface area contributed by atoms with E-state index in [1.165, 1.54) is 0 Å². The van der Waals surface area contributed by atoms with Crippen molar-refractivity contribution in [3.05, 3.63) is 35.7 Å². The lowest BCUT2D eigenvalue weighted by molar-refractivity contribution is -0.142. The average Bonchev–Trinajstić information content (AvgIpc) is 2.37. The minimum absolute atomic E-state index is 0.187. The van der Waals surface area contributed by atoms with E-state index in [0.29, 0.717) is 6.61 Å². The van der Waals surface area contributed by atoms with Gasteiger partial charge in [0, 0.05) is 6.20 Å². The van der Waals surface area contributed by atoms with Gasteiger partial charge in [0.2, 0.25) is 0 Å². The van der Waals surface area contributed by atoms with Crippen LogP contribution in [0.3, 0.4) is 0 Å². The topological polar surface area (TPSA) is 52.1 Å². The number of carbonyl (C=O) groups excluding carboxylic acids is 1. The van der Waals surface area contributed by atoms with Crippen LogP contribution in [0.2, 0.25) is 0 Å². The minimum atomic E-state index is -0.214. The van der Waals surface area contributed by atoms with Crippen LogP contribution in [0.15, 0.2) is 24.4 Å². The van der Waals surface area contributed by atoms with Crippen LogP contribution in [0.1, 0.15) is 39.0 Å². The van der Waals surface area contributed by atoms with Gasteiger partial charge in [-0.2, -0.15) is 0 Å². The monoisotopic (exact) mass is 286 g/mol. The maximum absolute atomic E-state index is 11.5. The molecule has 4 heteroatoms. The molecular weight excluding hydrogens is 264 g/mol. The molecule has 0 aliphatic heterocycles. The number of benzene rings is 1. The van der Waals surface area contributed by atoms with Gasteiger partial charge in [-0.3, -0.25) is 9.78 Å². The summed E-state index contributed by atoms with van der Waals surface area (Å²) in [7, 11) is 0. The smallest absolute Gasteiger partial charge is 0.310 e. The molecule has 0 saturated carbocycles. The van der Waals surface area contributed by atoms with E-state index in [0.717, 1.165) is 28.7 Å². The quantitative estimate of drug-likeness (QED) is 0.809. The highest BCUT2D eigenvalue weighted by molar-refractivity contribution is 5.78. The number of esters is 1. The van der Waals surface area contributed by atoms with Crippen LogP contribution in [0.5, 0.6) is 0 Å². The molecular formula is C17H22N2O2. The van der Waals surface area contributed by atoms with E-state index < -0.39 is 0 Å². The van der Waals surface area contributed by atoms with Crippen molar-refractivity contribution in [3.8, 4) is 0 Å². The number of ether oxygens (including phenoxy) is 1. The molecule has 0 radical (unpaired) electrons. The van der Waals surface area contributed by atoms with Gasteiger partial charge in [0.1, 0.15) is 0 Å². The van der Waals surface area contributed by atoms with Gasteiger partial charge in [-0.25, -0.2) is 4.98 Å². The fourth-order valence-corrected chi connectivity index (χ4v) is 2.21. The molecule has 0 fully saturated rings. The van der Waals surface area contributed by atoms with Crippen molar-refractivity contribution in [1.82, 2.24) is 9.97 Å². The highest BCUT2D eigenvalue weighted by atomic mass is 16.5. The van der Waals surface area contributed by atoms with E-state index in [1.54, 1.807) is 6.92 Å². The molecule has 1 aromatic heterocycles. The maximum atomic E-state index is 11.5. The van der Waals surface area contributed by atoms with Crippen LogP contribution in [0, 0.1) is 5.41 Å². The lowest BCUT2D eigenvalue weighted by Crippen LogP contribution is -2.11. The molecule has 1 heterocycles. The second kappa shape index (κ2) is 6.20. The van der Waals surface area contributed by atoms with Crippen molar-refractivity contribution in [2.75, 3.05) is 6.61 Å². The minimum Gasteiger partial charge on any atom is -0.466 e. The zero-order chi connectivity index (χ0) is 15.5. The van der Waals surface area contributed by atoms with Crippen molar-refractivity contribution >= 4 is 17.0 Å². The van der Waals surface area contributed by atoms with Gasteiger partial charge in [0.15, 0.2) is 0 Å². The Morgan fingerprint density at radius 3 is 2.67 bits per heavy atom. The summed E-state index contributed by atoms with van der Waals surface area (Å²) in [5, 5.41) is 0. The van der Waals surface area contributed by atoms with Crippen LogP contribution < -0.4 is 0 Å². The number of carbonyl (C=O) groups is 1. The van der Waals surface area contributed by atoms with Gasteiger partial charge in [0.05, 0.1) is 29.8 Å². The number of hydrogen-bond acceptors (Lipinski definition) is 4. The first-order chi connectivity index (χ1) is 9.87. The Kier molecular flexibility index (Phi) is 4.56. The molecule has 0 aliphatic rings. The molecule has 0 saturated heterocycles. The van der Waals surface area contributed by atoms with Gasteiger partial charge >= 0.3 is 5.97 Å². The number of aromatic nitrogens is 2. The second-order valence-electron chi connectivity index (χ2n) is 6.40. The number of hydrogen-bond donors (Lipinski definition) is 0. The van der Waals surface area contributed by atoms with Gasteiger partial charge in [-0.15, -0.1) is 0 Å². The summed E-state index contributed by atoms with van der Waals surface area (Å²) < 4.78 is 4.96. The number of nitrogens with zero attached hydrogens (tertiary/aromatic N) is 2. The maximum Gasteiger partial charge on any atom is 0.310 e. The van der Waals surface area contributed by atoms with Crippen LogP contribution in [-0.2, 0) is 22.4 Å². The van der Waals surface area contributed by atoms with Crippen LogP contribution in [0.25, 0.3) is 11.0 Å². The van der Waals surface area contributed by atoms with Gasteiger partial charge in [0.25, 0.3) is 0 Å². The largest absolute Gasteiger partial charge is 0.466 e. The lowest BCUT2D eigenvalue weighted by atomic mass is 9.91. The van der Waals surface area contributed by atoms with E-state index in [1.807, 2.05) is 24.4 Å². The summed E-state index contributed by atoms with van der Waals surface area (Å²) in [6, 6.07) is 5.73. The molecule has 0 atom stereocenters. The van der Waals surface area contributed by atoms with Crippen molar-refractivity contribution in [2.24, 2.45) is 5.41 Å². The molecule has 112 valence electrons. The first kappa shape index (κ1) is 15.4. The van der Waals surface area contributed by atoms with Crippen molar-refractivity contribution in [2.45, 2.75) is 40.5 Å². The Balaban J connectivity index is 2.21. The normalized spacial score (nSPS) is 11.6. The average molecular weight is 286 g/mol. The fourth-order valence-electron chi connectivity index (χ4n) is 2.21. The zero-order valence-corrected chi connectivity index (χ0v) is 13.1. The van der Waals surface area contributed by atoms with Crippen molar-refractivity contribution in [1.29, 1.82) is 0 Å². The molecule has 0 unspecified atom stereocenters. The predicted molar refractivity (Wildman–Crippen MR) is 83.0 cm³/mol. The van der Waals surface area contributed by atoms with E-state index in [9.17, 15) is 4.79 Å². The molecule has 0 amide bonds.